The second kappa shape index (κ2) is 7.58. The number of para-hydroxylation sites is 1. The summed E-state index contributed by atoms with van der Waals surface area (Å²) in [5.74, 6) is -0.317. The summed E-state index contributed by atoms with van der Waals surface area (Å²) in [5, 5.41) is 21.3. The largest absolute Gasteiger partial charge is 0.506 e. The van der Waals surface area contributed by atoms with Crippen LogP contribution in [0.25, 0.3) is 11.3 Å². The van der Waals surface area contributed by atoms with E-state index in [9.17, 15) is 9.90 Å². The van der Waals surface area contributed by atoms with Crippen molar-refractivity contribution in [1.82, 2.24) is 15.2 Å². The third-order valence-electron chi connectivity index (χ3n) is 3.49. The summed E-state index contributed by atoms with van der Waals surface area (Å²) < 4.78 is 0. The summed E-state index contributed by atoms with van der Waals surface area (Å²) >= 11 is 5.43. The van der Waals surface area contributed by atoms with Gasteiger partial charge in [0, 0.05) is 11.3 Å². The molecule has 0 unspecified atom stereocenters. The van der Waals surface area contributed by atoms with Crippen LogP contribution in [0.1, 0.15) is 11.3 Å². The number of aromatic amines is 1. The molecule has 3 rings (SSSR count). The van der Waals surface area contributed by atoms with Crippen molar-refractivity contribution in [3.8, 4) is 0 Å². The summed E-state index contributed by atoms with van der Waals surface area (Å²) in [4.78, 5) is 14.8. The Hall–Kier alpha value is -3.52. The number of hydrogen-bond donors (Lipinski definition) is 4. The lowest BCUT2D eigenvalue weighted by atomic mass is 10.1. The van der Waals surface area contributed by atoms with Gasteiger partial charge in [0.05, 0.1) is 5.57 Å². The number of aromatic nitrogens is 3. The predicted molar refractivity (Wildman–Crippen MR) is 106 cm³/mol. The number of thiocarbonyl (C=S) groups is 1. The van der Waals surface area contributed by atoms with Gasteiger partial charge in [-0.1, -0.05) is 60.7 Å². The van der Waals surface area contributed by atoms with E-state index in [1.807, 2.05) is 36.4 Å². The molecule has 0 spiro atoms. The fourth-order valence-electron chi connectivity index (χ4n) is 2.30. The quantitative estimate of drug-likeness (QED) is 0.319. The molecule has 0 aliphatic rings. The Kier molecular flexibility index (Phi) is 5.04. The average Bonchev–Trinajstić information content (AvgIpc) is 2.65. The number of H-pyrrole nitrogens is 1. The number of nitrogen functional groups attached to an aromatic ring is 1. The summed E-state index contributed by atoms with van der Waals surface area (Å²) in [6.07, 6.45) is 0. The zero-order valence-electron chi connectivity index (χ0n) is 13.5. The molecule has 0 radical (unpaired) electrons. The fourth-order valence-corrected chi connectivity index (χ4v) is 2.61. The molecule has 0 bridgehead atoms. The van der Waals surface area contributed by atoms with Crippen molar-refractivity contribution in [2.45, 2.75) is 0 Å². The molecule has 0 saturated heterocycles. The minimum Gasteiger partial charge on any atom is -0.506 e. The number of anilines is 2. The zero-order chi connectivity index (χ0) is 18.5. The van der Waals surface area contributed by atoms with Gasteiger partial charge in [0.15, 0.2) is 5.69 Å². The maximum absolute atomic E-state index is 12.3. The SMILES string of the molecule is Nc1nnc(/C(C(=S)Nc2ccccc2)=C(/O)c2ccccc2)c(=O)[nH]1. The molecule has 0 aliphatic heterocycles. The van der Waals surface area contributed by atoms with E-state index >= 15 is 0 Å². The highest BCUT2D eigenvalue weighted by molar-refractivity contribution is 7.81. The number of rotatable bonds is 4. The lowest BCUT2D eigenvalue weighted by Gasteiger charge is -2.13. The monoisotopic (exact) mass is 365 g/mol. The van der Waals surface area contributed by atoms with Crippen LogP contribution in [0.2, 0.25) is 0 Å². The van der Waals surface area contributed by atoms with Crippen LogP contribution in [-0.4, -0.2) is 25.3 Å². The first kappa shape index (κ1) is 17.3. The Morgan fingerprint density at radius 2 is 1.65 bits per heavy atom. The van der Waals surface area contributed by atoms with E-state index in [1.165, 1.54) is 0 Å². The zero-order valence-corrected chi connectivity index (χ0v) is 14.3. The fraction of sp³-hybridized carbons (Fsp3) is 0. The standard InChI is InChI=1S/C18H15N5O2S/c19-18-21-16(25)14(22-23-18)13(15(24)11-7-3-1-4-8-11)17(26)20-12-9-5-2-6-10-12/h1-10,24H,(H,20,26)(H3,19,21,23,25)/b15-13-. The van der Waals surface area contributed by atoms with E-state index in [1.54, 1.807) is 24.3 Å². The number of nitrogens with zero attached hydrogens (tertiary/aromatic N) is 2. The van der Waals surface area contributed by atoms with Gasteiger partial charge in [0.25, 0.3) is 5.56 Å². The minimum absolute atomic E-state index is 0.0591. The summed E-state index contributed by atoms with van der Waals surface area (Å²) in [7, 11) is 0. The second-order valence-corrected chi connectivity index (χ2v) is 5.71. The smallest absolute Gasteiger partial charge is 0.279 e. The van der Waals surface area contributed by atoms with E-state index in [4.69, 9.17) is 18.0 Å². The molecular weight excluding hydrogens is 350 g/mol. The van der Waals surface area contributed by atoms with Crippen molar-refractivity contribution in [3.63, 3.8) is 0 Å². The molecule has 0 aliphatic carbocycles. The van der Waals surface area contributed by atoms with Crippen molar-refractivity contribution < 1.29 is 5.11 Å². The van der Waals surface area contributed by atoms with Gasteiger partial charge >= 0.3 is 0 Å². The molecule has 0 amide bonds. The first-order valence-electron chi connectivity index (χ1n) is 7.64. The first-order chi connectivity index (χ1) is 12.6. The normalized spacial score (nSPS) is 11.5. The molecule has 0 atom stereocenters. The number of hydrogen-bond acceptors (Lipinski definition) is 6. The van der Waals surface area contributed by atoms with Gasteiger partial charge in [0.2, 0.25) is 5.95 Å². The highest BCUT2D eigenvalue weighted by atomic mass is 32.1. The Labute approximate surface area is 154 Å². The highest BCUT2D eigenvalue weighted by Crippen LogP contribution is 2.24. The topological polar surface area (TPSA) is 117 Å². The number of nitrogens with two attached hydrogens (primary N) is 1. The van der Waals surface area contributed by atoms with E-state index in [0.29, 0.717) is 11.3 Å². The Morgan fingerprint density at radius 1 is 1.04 bits per heavy atom. The van der Waals surface area contributed by atoms with Crippen molar-refractivity contribution in [2.75, 3.05) is 11.1 Å². The third kappa shape index (κ3) is 3.76. The van der Waals surface area contributed by atoms with E-state index in [-0.39, 0.29) is 28.0 Å². The predicted octanol–water partition coefficient (Wildman–Crippen LogP) is 2.61. The van der Waals surface area contributed by atoms with Crippen LogP contribution < -0.4 is 16.6 Å². The van der Waals surface area contributed by atoms with Gasteiger partial charge in [-0.25, -0.2) is 0 Å². The number of nitrogens with one attached hydrogen (secondary N) is 2. The van der Waals surface area contributed by atoms with Crippen LogP contribution in [0.5, 0.6) is 0 Å². The summed E-state index contributed by atoms with van der Waals surface area (Å²) in [6, 6.07) is 17.9. The average molecular weight is 365 g/mol. The van der Waals surface area contributed by atoms with Crippen molar-refractivity contribution in [3.05, 3.63) is 82.3 Å². The third-order valence-corrected chi connectivity index (χ3v) is 3.80. The molecule has 2 aromatic carbocycles. The van der Waals surface area contributed by atoms with Crippen LogP contribution in [0.15, 0.2) is 65.5 Å². The molecule has 7 nitrogen and oxygen atoms in total. The molecule has 0 saturated carbocycles. The maximum atomic E-state index is 12.3. The first-order valence-corrected chi connectivity index (χ1v) is 8.05. The Bertz CT molecular complexity index is 1020. The molecular formula is C18H15N5O2S. The van der Waals surface area contributed by atoms with Crippen LogP contribution in [0.3, 0.4) is 0 Å². The molecule has 5 N–H and O–H groups in total. The second-order valence-electron chi connectivity index (χ2n) is 5.30. The Morgan fingerprint density at radius 3 is 2.27 bits per heavy atom. The molecule has 26 heavy (non-hydrogen) atoms. The van der Waals surface area contributed by atoms with Gasteiger partial charge < -0.3 is 16.2 Å². The minimum atomic E-state index is -0.604. The van der Waals surface area contributed by atoms with Crippen molar-refractivity contribution >= 4 is 40.2 Å². The maximum Gasteiger partial charge on any atom is 0.279 e. The van der Waals surface area contributed by atoms with Crippen LogP contribution in [-0.2, 0) is 0 Å². The summed E-state index contributed by atoms with van der Waals surface area (Å²) in [5.41, 5.74) is 5.97. The molecule has 3 aromatic rings. The van der Waals surface area contributed by atoms with E-state index in [0.717, 1.165) is 0 Å². The van der Waals surface area contributed by atoms with Crippen molar-refractivity contribution in [2.24, 2.45) is 0 Å². The molecule has 8 heteroatoms. The molecule has 0 fully saturated rings. The van der Waals surface area contributed by atoms with Crippen LogP contribution in [0.4, 0.5) is 11.6 Å². The number of aliphatic hydroxyl groups is 1. The number of benzene rings is 2. The molecule has 1 heterocycles. The van der Waals surface area contributed by atoms with Crippen LogP contribution in [0, 0.1) is 0 Å². The van der Waals surface area contributed by atoms with Crippen molar-refractivity contribution in [1.29, 1.82) is 0 Å². The molecule has 130 valence electrons. The van der Waals surface area contributed by atoms with Gasteiger partial charge in [-0.2, -0.15) is 0 Å². The van der Waals surface area contributed by atoms with Crippen LogP contribution >= 0.6 is 12.2 Å². The van der Waals surface area contributed by atoms with Gasteiger partial charge in [0.1, 0.15) is 10.7 Å². The van der Waals surface area contributed by atoms with Gasteiger partial charge in [-0.3, -0.25) is 9.78 Å². The van der Waals surface area contributed by atoms with E-state index < -0.39 is 5.56 Å². The van der Waals surface area contributed by atoms with Gasteiger partial charge in [-0.15, -0.1) is 10.2 Å². The highest BCUT2D eigenvalue weighted by Gasteiger charge is 2.21. The van der Waals surface area contributed by atoms with E-state index in [2.05, 4.69) is 20.5 Å². The number of aliphatic hydroxyl groups excluding tert-OH is 1. The lowest BCUT2D eigenvalue weighted by molar-refractivity contribution is 0.514. The molecule has 1 aromatic heterocycles. The Balaban J connectivity index is 2.13. The lowest BCUT2D eigenvalue weighted by Crippen LogP contribution is -2.24. The summed E-state index contributed by atoms with van der Waals surface area (Å²) in [6.45, 7) is 0. The van der Waals surface area contributed by atoms with Gasteiger partial charge in [-0.05, 0) is 12.1 Å².